The van der Waals surface area contributed by atoms with Gasteiger partial charge in [0.2, 0.25) is 0 Å². The summed E-state index contributed by atoms with van der Waals surface area (Å²) in [6, 6.07) is 6.66. The summed E-state index contributed by atoms with van der Waals surface area (Å²) in [7, 11) is 1.75. The van der Waals surface area contributed by atoms with Crippen LogP contribution in [0.15, 0.2) is 18.2 Å². The molecule has 1 atom stereocenters. The highest BCUT2D eigenvalue weighted by molar-refractivity contribution is 5.36. The van der Waals surface area contributed by atoms with E-state index in [1.54, 1.807) is 7.11 Å². The van der Waals surface area contributed by atoms with Gasteiger partial charge in [-0.3, -0.25) is 0 Å². The minimum Gasteiger partial charge on any atom is -0.497 e. The molecule has 1 fully saturated rings. The minimum atomic E-state index is 0.661. The Morgan fingerprint density at radius 2 is 2.25 bits per heavy atom. The lowest BCUT2D eigenvalue weighted by atomic mass is 9.90. The molecule has 2 nitrogen and oxygen atoms in total. The van der Waals surface area contributed by atoms with Crippen LogP contribution in [-0.2, 0) is 6.42 Å². The first-order valence-electron chi connectivity index (χ1n) is 6.22. The van der Waals surface area contributed by atoms with Gasteiger partial charge in [0.25, 0.3) is 0 Å². The van der Waals surface area contributed by atoms with E-state index in [9.17, 15) is 0 Å². The molecule has 0 bridgehead atoms. The Morgan fingerprint density at radius 1 is 1.38 bits per heavy atom. The zero-order valence-corrected chi connectivity index (χ0v) is 10.3. The molecule has 0 saturated carbocycles. The molecule has 0 aliphatic carbocycles. The van der Waals surface area contributed by atoms with Crippen molar-refractivity contribution < 1.29 is 4.74 Å². The summed E-state index contributed by atoms with van der Waals surface area (Å²) >= 11 is 0. The predicted molar refractivity (Wildman–Crippen MR) is 67.2 cm³/mol. The summed E-state index contributed by atoms with van der Waals surface area (Å²) in [5.74, 6) is 1.66. The highest BCUT2D eigenvalue weighted by Crippen LogP contribution is 2.27. The highest BCUT2D eigenvalue weighted by atomic mass is 16.5. The van der Waals surface area contributed by atoms with Crippen molar-refractivity contribution in [2.75, 3.05) is 20.2 Å². The molecule has 1 heterocycles. The zero-order chi connectivity index (χ0) is 11.4. The third kappa shape index (κ3) is 2.56. The third-order valence-electron chi connectivity index (χ3n) is 3.40. The second-order valence-corrected chi connectivity index (χ2v) is 4.51. The Bertz CT molecular complexity index is 320. The molecule has 1 aliphatic heterocycles. The largest absolute Gasteiger partial charge is 0.497 e. The SMILES string of the molecule is CCc1cc(OC)cc(C2CCCNC2)c1. The Balaban J connectivity index is 2.24. The standard InChI is InChI=1S/C14H21NO/c1-3-11-7-13(9-14(8-11)16-2)12-5-4-6-15-10-12/h7-9,12,15H,3-6,10H2,1-2H3. The van der Waals surface area contributed by atoms with Gasteiger partial charge >= 0.3 is 0 Å². The number of aryl methyl sites for hydroxylation is 1. The molecule has 2 heteroatoms. The molecule has 1 aromatic rings. The van der Waals surface area contributed by atoms with Crippen molar-refractivity contribution in [2.45, 2.75) is 32.1 Å². The van der Waals surface area contributed by atoms with Gasteiger partial charge in [-0.05, 0) is 55.0 Å². The number of benzene rings is 1. The molecule has 88 valence electrons. The molecule has 16 heavy (non-hydrogen) atoms. The van der Waals surface area contributed by atoms with Crippen LogP contribution in [-0.4, -0.2) is 20.2 Å². The van der Waals surface area contributed by atoms with Crippen LogP contribution in [0.1, 0.15) is 36.8 Å². The Hall–Kier alpha value is -1.02. The zero-order valence-electron chi connectivity index (χ0n) is 10.3. The van der Waals surface area contributed by atoms with E-state index in [-0.39, 0.29) is 0 Å². The van der Waals surface area contributed by atoms with E-state index < -0.39 is 0 Å². The second kappa shape index (κ2) is 5.35. The van der Waals surface area contributed by atoms with E-state index in [4.69, 9.17) is 4.74 Å². The molecule has 1 aromatic carbocycles. The number of hydrogen-bond acceptors (Lipinski definition) is 2. The van der Waals surface area contributed by atoms with Gasteiger partial charge in [-0.15, -0.1) is 0 Å². The molecular formula is C14H21NO. The van der Waals surface area contributed by atoms with Gasteiger partial charge in [0.1, 0.15) is 5.75 Å². The van der Waals surface area contributed by atoms with Gasteiger partial charge in [-0.25, -0.2) is 0 Å². The van der Waals surface area contributed by atoms with Gasteiger partial charge < -0.3 is 10.1 Å². The maximum absolute atomic E-state index is 5.37. The lowest BCUT2D eigenvalue weighted by Gasteiger charge is -2.24. The minimum absolute atomic E-state index is 0.661. The van der Waals surface area contributed by atoms with Crippen molar-refractivity contribution >= 4 is 0 Å². The fourth-order valence-corrected chi connectivity index (χ4v) is 2.38. The maximum Gasteiger partial charge on any atom is 0.119 e. The fraction of sp³-hybridized carbons (Fsp3) is 0.571. The molecule has 1 aliphatic rings. The number of rotatable bonds is 3. The van der Waals surface area contributed by atoms with E-state index in [0.29, 0.717) is 5.92 Å². The molecule has 0 amide bonds. The molecule has 1 N–H and O–H groups in total. The fourth-order valence-electron chi connectivity index (χ4n) is 2.38. The van der Waals surface area contributed by atoms with E-state index >= 15 is 0 Å². The predicted octanol–water partition coefficient (Wildman–Crippen LogP) is 2.72. The maximum atomic E-state index is 5.37. The van der Waals surface area contributed by atoms with E-state index in [0.717, 1.165) is 18.7 Å². The summed E-state index contributed by atoms with van der Waals surface area (Å²) in [5.41, 5.74) is 2.81. The number of piperidine rings is 1. The lowest BCUT2D eigenvalue weighted by molar-refractivity contribution is 0.411. The van der Waals surface area contributed by atoms with Gasteiger partial charge in [0.05, 0.1) is 7.11 Å². The van der Waals surface area contributed by atoms with Crippen LogP contribution in [0.4, 0.5) is 0 Å². The summed E-state index contributed by atoms with van der Waals surface area (Å²) in [6.45, 7) is 4.47. The summed E-state index contributed by atoms with van der Waals surface area (Å²) < 4.78 is 5.37. The first-order valence-corrected chi connectivity index (χ1v) is 6.22. The van der Waals surface area contributed by atoms with Gasteiger partial charge in [0, 0.05) is 6.54 Å². The van der Waals surface area contributed by atoms with Gasteiger partial charge in [-0.2, -0.15) is 0 Å². The first-order chi connectivity index (χ1) is 7.83. The Kier molecular flexibility index (Phi) is 3.83. The van der Waals surface area contributed by atoms with Crippen LogP contribution in [0.25, 0.3) is 0 Å². The summed E-state index contributed by atoms with van der Waals surface area (Å²) in [5, 5.41) is 3.47. The topological polar surface area (TPSA) is 21.3 Å². The van der Waals surface area contributed by atoms with E-state index in [2.05, 4.69) is 30.4 Å². The average Bonchev–Trinajstić information content (AvgIpc) is 2.39. The quantitative estimate of drug-likeness (QED) is 0.844. The van der Waals surface area contributed by atoms with Gasteiger partial charge in [0.15, 0.2) is 0 Å². The van der Waals surface area contributed by atoms with Crippen LogP contribution < -0.4 is 10.1 Å². The monoisotopic (exact) mass is 219 g/mol. The van der Waals surface area contributed by atoms with Crippen molar-refractivity contribution in [2.24, 2.45) is 0 Å². The number of hydrogen-bond donors (Lipinski definition) is 1. The van der Waals surface area contributed by atoms with Crippen LogP contribution in [0.5, 0.6) is 5.75 Å². The van der Waals surface area contributed by atoms with Crippen molar-refractivity contribution in [1.82, 2.24) is 5.32 Å². The molecule has 0 aromatic heterocycles. The summed E-state index contributed by atoms with van der Waals surface area (Å²) in [4.78, 5) is 0. The first kappa shape index (κ1) is 11.5. The number of methoxy groups -OCH3 is 1. The Morgan fingerprint density at radius 3 is 2.88 bits per heavy atom. The third-order valence-corrected chi connectivity index (χ3v) is 3.40. The highest BCUT2D eigenvalue weighted by Gasteiger charge is 2.16. The van der Waals surface area contributed by atoms with Crippen molar-refractivity contribution in [1.29, 1.82) is 0 Å². The lowest BCUT2D eigenvalue weighted by Crippen LogP contribution is -2.28. The second-order valence-electron chi connectivity index (χ2n) is 4.51. The van der Waals surface area contributed by atoms with Gasteiger partial charge in [-0.1, -0.05) is 13.0 Å². The number of ether oxygens (including phenoxy) is 1. The van der Waals surface area contributed by atoms with Crippen molar-refractivity contribution in [3.8, 4) is 5.75 Å². The molecule has 1 saturated heterocycles. The van der Waals surface area contributed by atoms with E-state index in [1.165, 1.54) is 30.5 Å². The summed E-state index contributed by atoms with van der Waals surface area (Å²) in [6.07, 6.45) is 3.65. The van der Waals surface area contributed by atoms with Crippen LogP contribution >= 0.6 is 0 Å². The molecule has 0 radical (unpaired) electrons. The van der Waals surface area contributed by atoms with Crippen LogP contribution in [0.2, 0.25) is 0 Å². The van der Waals surface area contributed by atoms with E-state index in [1.807, 2.05) is 0 Å². The Labute approximate surface area is 98.0 Å². The normalized spacial score (nSPS) is 20.8. The van der Waals surface area contributed by atoms with Crippen molar-refractivity contribution in [3.63, 3.8) is 0 Å². The van der Waals surface area contributed by atoms with Crippen molar-refractivity contribution in [3.05, 3.63) is 29.3 Å². The molecule has 0 spiro atoms. The molecule has 1 unspecified atom stereocenters. The molecule has 2 rings (SSSR count). The smallest absolute Gasteiger partial charge is 0.119 e. The average molecular weight is 219 g/mol. The molecular weight excluding hydrogens is 198 g/mol. The van der Waals surface area contributed by atoms with Crippen LogP contribution in [0, 0.1) is 0 Å². The number of nitrogens with one attached hydrogen (secondary N) is 1. The van der Waals surface area contributed by atoms with Crippen LogP contribution in [0.3, 0.4) is 0 Å².